The van der Waals surface area contributed by atoms with Crippen molar-refractivity contribution >= 4 is 11.9 Å². The molecule has 4 rings (SSSR count). The Kier molecular flexibility index (Phi) is 7.47. The number of nitrogens with zero attached hydrogens (tertiary/aromatic N) is 4. The Morgan fingerprint density at radius 1 is 1.13 bits per heavy atom. The molecule has 1 amide bonds. The van der Waals surface area contributed by atoms with Crippen LogP contribution in [-0.4, -0.2) is 88.4 Å². The largest absolute Gasteiger partial charge is 0.490 e. The number of halogens is 3. The summed E-state index contributed by atoms with van der Waals surface area (Å²) in [5.41, 5.74) is 0.739. The minimum Gasteiger partial charge on any atom is -0.475 e. The smallest absolute Gasteiger partial charge is 0.475 e. The Hall–Kier alpha value is -2.27. The average Bonchev–Trinajstić information content (AvgIpc) is 3.17. The second-order valence-corrected chi connectivity index (χ2v) is 8.29. The molecule has 1 spiro atoms. The van der Waals surface area contributed by atoms with Crippen LogP contribution in [-0.2, 0) is 9.53 Å². The SMILES string of the molecule is O=C(O)C(F)(F)F.O=C(c1cnccn1)N1CCCC2(CCN(C3CCOCC3)C2)C1. The molecule has 0 aromatic carbocycles. The number of hydrogen-bond donors (Lipinski definition) is 1. The highest BCUT2D eigenvalue weighted by molar-refractivity contribution is 5.92. The van der Waals surface area contributed by atoms with Crippen LogP contribution in [0, 0.1) is 5.41 Å². The number of carbonyl (C=O) groups is 2. The zero-order valence-electron chi connectivity index (χ0n) is 17.2. The fraction of sp³-hybridized carbons (Fsp3) is 0.700. The molecule has 1 N–H and O–H groups in total. The van der Waals surface area contributed by atoms with Crippen molar-refractivity contribution in [2.45, 2.75) is 44.3 Å². The quantitative estimate of drug-likeness (QED) is 0.747. The highest BCUT2D eigenvalue weighted by Crippen LogP contribution is 2.40. The second-order valence-electron chi connectivity index (χ2n) is 8.29. The maximum Gasteiger partial charge on any atom is 0.490 e. The van der Waals surface area contributed by atoms with Crippen LogP contribution in [0.2, 0.25) is 0 Å². The number of piperidine rings is 1. The predicted molar refractivity (Wildman–Crippen MR) is 103 cm³/mol. The normalized spacial score (nSPS) is 25.2. The van der Waals surface area contributed by atoms with E-state index in [2.05, 4.69) is 14.9 Å². The van der Waals surface area contributed by atoms with Gasteiger partial charge in [-0.15, -0.1) is 0 Å². The lowest BCUT2D eigenvalue weighted by molar-refractivity contribution is -0.192. The van der Waals surface area contributed by atoms with Gasteiger partial charge < -0.3 is 14.7 Å². The maximum absolute atomic E-state index is 12.7. The third-order valence-corrected chi connectivity index (χ3v) is 6.15. The summed E-state index contributed by atoms with van der Waals surface area (Å²) in [6, 6.07) is 0.671. The summed E-state index contributed by atoms with van der Waals surface area (Å²) in [5.74, 6) is -2.72. The summed E-state index contributed by atoms with van der Waals surface area (Å²) in [7, 11) is 0. The number of carboxylic acid groups (broad SMARTS) is 1. The first-order chi connectivity index (χ1) is 14.7. The molecule has 1 unspecified atom stereocenters. The molecular weight excluding hydrogens is 417 g/mol. The van der Waals surface area contributed by atoms with Crippen LogP contribution < -0.4 is 0 Å². The van der Waals surface area contributed by atoms with Gasteiger partial charge in [0, 0.05) is 56.7 Å². The minimum absolute atomic E-state index is 0.0340. The van der Waals surface area contributed by atoms with E-state index < -0.39 is 12.1 Å². The van der Waals surface area contributed by atoms with Crippen molar-refractivity contribution in [3.05, 3.63) is 24.3 Å². The van der Waals surface area contributed by atoms with Crippen molar-refractivity contribution < 1.29 is 32.6 Å². The number of amides is 1. The van der Waals surface area contributed by atoms with Crippen molar-refractivity contribution in [1.29, 1.82) is 0 Å². The third kappa shape index (κ3) is 6.13. The predicted octanol–water partition coefficient (Wildman–Crippen LogP) is 2.22. The van der Waals surface area contributed by atoms with E-state index in [0.717, 1.165) is 58.7 Å². The lowest BCUT2D eigenvalue weighted by Crippen LogP contribution is -2.48. The molecule has 11 heteroatoms. The molecule has 31 heavy (non-hydrogen) atoms. The van der Waals surface area contributed by atoms with E-state index in [-0.39, 0.29) is 11.3 Å². The van der Waals surface area contributed by atoms with Gasteiger partial charge in [-0.05, 0) is 38.6 Å². The molecule has 3 aliphatic heterocycles. The van der Waals surface area contributed by atoms with Crippen LogP contribution >= 0.6 is 0 Å². The van der Waals surface area contributed by atoms with Crippen LogP contribution in [0.3, 0.4) is 0 Å². The summed E-state index contributed by atoms with van der Waals surface area (Å²) < 4.78 is 37.2. The topological polar surface area (TPSA) is 95.9 Å². The number of aromatic nitrogens is 2. The van der Waals surface area contributed by atoms with Gasteiger partial charge in [-0.2, -0.15) is 13.2 Å². The standard InChI is InChI=1S/C18H26N4O2.C2HF3O2/c23-17(16-12-19-6-7-20-16)22-8-1-4-18(14-22)5-9-21(13-18)15-2-10-24-11-3-15;3-2(4,5)1(6)7/h6-7,12,15H,1-5,8-11,13-14H2;(H,6,7). The first-order valence-corrected chi connectivity index (χ1v) is 10.4. The van der Waals surface area contributed by atoms with Crippen molar-refractivity contribution in [3.63, 3.8) is 0 Å². The van der Waals surface area contributed by atoms with Gasteiger partial charge in [0.15, 0.2) is 0 Å². The van der Waals surface area contributed by atoms with Gasteiger partial charge in [-0.25, -0.2) is 9.78 Å². The number of hydrogen-bond acceptors (Lipinski definition) is 6. The van der Waals surface area contributed by atoms with Gasteiger partial charge in [0.25, 0.3) is 5.91 Å². The van der Waals surface area contributed by atoms with E-state index in [9.17, 15) is 18.0 Å². The molecular formula is C20H27F3N4O4. The van der Waals surface area contributed by atoms with Gasteiger partial charge in [0.05, 0.1) is 6.20 Å². The number of likely N-dealkylation sites (tertiary alicyclic amines) is 2. The Labute approximate surface area is 178 Å². The van der Waals surface area contributed by atoms with Gasteiger partial charge in [0.2, 0.25) is 0 Å². The number of aliphatic carboxylic acids is 1. The van der Waals surface area contributed by atoms with Gasteiger partial charge in [-0.1, -0.05) is 0 Å². The highest BCUT2D eigenvalue weighted by atomic mass is 19.4. The number of alkyl halides is 3. The molecule has 1 aromatic heterocycles. The maximum atomic E-state index is 12.7. The van der Waals surface area contributed by atoms with Crippen LogP contribution in [0.1, 0.15) is 42.6 Å². The summed E-state index contributed by atoms with van der Waals surface area (Å²) in [6.07, 6.45) is 5.52. The third-order valence-electron chi connectivity index (χ3n) is 6.15. The molecule has 3 fully saturated rings. The van der Waals surface area contributed by atoms with Crippen LogP contribution in [0.15, 0.2) is 18.6 Å². The van der Waals surface area contributed by atoms with Crippen molar-refractivity contribution in [1.82, 2.24) is 19.8 Å². The summed E-state index contributed by atoms with van der Waals surface area (Å²) in [6.45, 7) is 5.78. The van der Waals surface area contributed by atoms with Crippen LogP contribution in [0.25, 0.3) is 0 Å². The van der Waals surface area contributed by atoms with E-state index in [1.165, 1.54) is 12.8 Å². The van der Waals surface area contributed by atoms with Crippen molar-refractivity contribution in [2.75, 3.05) is 39.4 Å². The zero-order valence-corrected chi connectivity index (χ0v) is 17.2. The molecule has 1 aromatic rings. The first kappa shape index (κ1) is 23.4. The molecule has 4 heterocycles. The summed E-state index contributed by atoms with van der Waals surface area (Å²) in [5, 5.41) is 7.12. The molecule has 3 aliphatic rings. The second kappa shape index (κ2) is 9.90. The molecule has 0 bridgehead atoms. The first-order valence-electron chi connectivity index (χ1n) is 10.4. The average molecular weight is 444 g/mol. The van der Waals surface area contributed by atoms with E-state index in [1.54, 1.807) is 18.6 Å². The molecule has 1 atom stereocenters. The molecule has 0 saturated carbocycles. The van der Waals surface area contributed by atoms with Crippen molar-refractivity contribution in [3.8, 4) is 0 Å². The number of carbonyl (C=O) groups excluding carboxylic acids is 1. The Balaban J connectivity index is 0.000000339. The molecule has 0 radical (unpaired) electrons. The Morgan fingerprint density at radius 3 is 2.45 bits per heavy atom. The molecule has 3 saturated heterocycles. The van der Waals surface area contributed by atoms with E-state index >= 15 is 0 Å². The molecule has 8 nitrogen and oxygen atoms in total. The van der Waals surface area contributed by atoms with E-state index in [1.807, 2.05) is 4.90 Å². The van der Waals surface area contributed by atoms with Crippen LogP contribution in [0.5, 0.6) is 0 Å². The summed E-state index contributed by atoms with van der Waals surface area (Å²) in [4.78, 5) is 34.5. The number of ether oxygens (including phenoxy) is 1. The zero-order chi connectivity index (χ0) is 22.5. The number of rotatable bonds is 2. The number of carboxylic acids is 1. The summed E-state index contributed by atoms with van der Waals surface area (Å²) >= 11 is 0. The van der Waals surface area contributed by atoms with E-state index in [4.69, 9.17) is 14.6 Å². The Morgan fingerprint density at radius 2 is 1.84 bits per heavy atom. The fourth-order valence-electron chi connectivity index (χ4n) is 4.62. The molecule has 0 aliphatic carbocycles. The fourth-order valence-corrected chi connectivity index (χ4v) is 4.62. The highest BCUT2D eigenvalue weighted by Gasteiger charge is 2.44. The lowest BCUT2D eigenvalue weighted by atomic mass is 9.79. The van der Waals surface area contributed by atoms with Crippen LogP contribution in [0.4, 0.5) is 13.2 Å². The van der Waals surface area contributed by atoms with Gasteiger partial charge >= 0.3 is 12.1 Å². The monoisotopic (exact) mass is 444 g/mol. The Bertz CT molecular complexity index is 759. The van der Waals surface area contributed by atoms with E-state index in [0.29, 0.717) is 11.7 Å². The van der Waals surface area contributed by atoms with Gasteiger partial charge in [0.1, 0.15) is 5.69 Å². The van der Waals surface area contributed by atoms with Crippen molar-refractivity contribution in [2.24, 2.45) is 5.41 Å². The lowest BCUT2D eigenvalue weighted by Gasteiger charge is -2.41. The molecule has 172 valence electrons. The van der Waals surface area contributed by atoms with Gasteiger partial charge in [-0.3, -0.25) is 14.7 Å². The minimum atomic E-state index is -5.08.